The molecule has 1 unspecified atom stereocenters. The lowest BCUT2D eigenvalue weighted by molar-refractivity contribution is -0.121. The number of nitriles is 1. The van der Waals surface area contributed by atoms with E-state index in [4.69, 9.17) is 5.26 Å². The number of amides is 1. The van der Waals surface area contributed by atoms with Gasteiger partial charge in [-0.3, -0.25) is 4.79 Å². The molecule has 4 heteroatoms. The van der Waals surface area contributed by atoms with Gasteiger partial charge in [0, 0.05) is 6.04 Å². The van der Waals surface area contributed by atoms with Gasteiger partial charge in [0.15, 0.2) is 0 Å². The monoisotopic (exact) mass is 276 g/mol. The second kappa shape index (κ2) is 8.60. The Balaban J connectivity index is 2.35. The second-order valence-corrected chi connectivity index (χ2v) is 5.83. The summed E-state index contributed by atoms with van der Waals surface area (Å²) in [5.41, 5.74) is 1.56. The maximum absolute atomic E-state index is 11.8. The van der Waals surface area contributed by atoms with E-state index in [1.54, 1.807) is 12.1 Å². The highest BCUT2D eigenvalue weighted by Gasteiger charge is 2.08. The van der Waals surface area contributed by atoms with Gasteiger partial charge in [-0.1, -0.05) is 19.1 Å². The van der Waals surface area contributed by atoms with E-state index in [9.17, 15) is 4.79 Å². The van der Waals surface area contributed by atoms with Crippen molar-refractivity contribution in [3.63, 3.8) is 0 Å². The van der Waals surface area contributed by atoms with Gasteiger partial charge in [0.1, 0.15) is 0 Å². The minimum Gasteiger partial charge on any atom is -0.353 e. The molecule has 3 nitrogen and oxygen atoms in total. The molecule has 0 bridgehead atoms. The molecule has 102 valence electrons. The van der Waals surface area contributed by atoms with Gasteiger partial charge >= 0.3 is 0 Å². The highest BCUT2D eigenvalue weighted by atomic mass is 32.2. The molecule has 0 saturated carbocycles. The van der Waals surface area contributed by atoms with Crippen molar-refractivity contribution in [1.29, 1.82) is 5.26 Å². The first-order valence-electron chi connectivity index (χ1n) is 6.51. The standard InChI is InChI=1S/C15H20N2OS/c1-3-19-9-8-12(2)17-15(18)10-13-4-6-14(11-16)7-5-13/h4-7,12H,3,8-10H2,1-2H3,(H,17,18). The summed E-state index contributed by atoms with van der Waals surface area (Å²) in [6, 6.07) is 9.42. The van der Waals surface area contributed by atoms with E-state index in [1.165, 1.54) is 0 Å². The van der Waals surface area contributed by atoms with Crippen LogP contribution in [0.1, 0.15) is 31.4 Å². The third-order valence-electron chi connectivity index (χ3n) is 2.75. The van der Waals surface area contributed by atoms with Crippen LogP contribution in [0.3, 0.4) is 0 Å². The van der Waals surface area contributed by atoms with E-state index >= 15 is 0 Å². The van der Waals surface area contributed by atoms with E-state index in [0.717, 1.165) is 23.5 Å². The highest BCUT2D eigenvalue weighted by Crippen LogP contribution is 2.06. The SMILES string of the molecule is CCSCCC(C)NC(=O)Cc1ccc(C#N)cc1. The Hall–Kier alpha value is -1.47. The van der Waals surface area contributed by atoms with Crippen molar-refractivity contribution in [3.05, 3.63) is 35.4 Å². The molecule has 0 fully saturated rings. The number of hydrogen-bond donors (Lipinski definition) is 1. The fourth-order valence-corrected chi connectivity index (χ4v) is 2.49. The molecule has 0 aliphatic carbocycles. The molecule has 0 aliphatic rings. The van der Waals surface area contributed by atoms with E-state index in [-0.39, 0.29) is 11.9 Å². The predicted octanol–water partition coefficient (Wildman–Crippen LogP) is 2.75. The van der Waals surface area contributed by atoms with Crippen LogP contribution >= 0.6 is 11.8 Å². The lowest BCUT2D eigenvalue weighted by atomic mass is 10.1. The zero-order chi connectivity index (χ0) is 14.1. The minimum absolute atomic E-state index is 0.0405. The van der Waals surface area contributed by atoms with Crippen LogP contribution < -0.4 is 5.32 Å². The molecule has 19 heavy (non-hydrogen) atoms. The van der Waals surface area contributed by atoms with Gasteiger partial charge in [-0.05, 0) is 42.5 Å². The number of nitrogens with one attached hydrogen (secondary N) is 1. The van der Waals surface area contributed by atoms with Crippen molar-refractivity contribution in [2.24, 2.45) is 0 Å². The Kier molecular flexibility index (Phi) is 7.06. The fourth-order valence-electron chi connectivity index (χ4n) is 1.68. The molecule has 1 N–H and O–H groups in total. The molecule has 1 aromatic rings. The summed E-state index contributed by atoms with van der Waals surface area (Å²) in [4.78, 5) is 11.8. The highest BCUT2D eigenvalue weighted by molar-refractivity contribution is 7.99. The zero-order valence-corrected chi connectivity index (χ0v) is 12.3. The zero-order valence-electron chi connectivity index (χ0n) is 11.5. The van der Waals surface area contributed by atoms with Gasteiger partial charge < -0.3 is 5.32 Å². The van der Waals surface area contributed by atoms with E-state index in [2.05, 4.69) is 18.3 Å². The van der Waals surface area contributed by atoms with Gasteiger partial charge in [0.2, 0.25) is 5.91 Å². The van der Waals surface area contributed by atoms with Gasteiger partial charge in [0.05, 0.1) is 18.1 Å². The molecule has 1 rings (SSSR count). The maximum atomic E-state index is 11.8. The molecule has 0 radical (unpaired) electrons. The number of nitrogens with zero attached hydrogens (tertiary/aromatic N) is 1. The van der Waals surface area contributed by atoms with Crippen LogP contribution in [0.2, 0.25) is 0 Å². The van der Waals surface area contributed by atoms with Crippen molar-refractivity contribution < 1.29 is 4.79 Å². The first-order valence-corrected chi connectivity index (χ1v) is 7.67. The van der Waals surface area contributed by atoms with Crippen LogP contribution in [0.4, 0.5) is 0 Å². The molecule has 0 aromatic heterocycles. The third-order valence-corrected chi connectivity index (χ3v) is 3.69. The summed E-state index contributed by atoms with van der Waals surface area (Å²) in [7, 11) is 0. The summed E-state index contributed by atoms with van der Waals surface area (Å²) in [5.74, 6) is 2.24. The molecule has 1 atom stereocenters. The number of carbonyl (C=O) groups excluding carboxylic acids is 1. The normalized spacial score (nSPS) is 11.6. The summed E-state index contributed by atoms with van der Waals surface area (Å²) >= 11 is 1.89. The third kappa shape index (κ3) is 6.30. The van der Waals surface area contributed by atoms with Crippen molar-refractivity contribution in [2.75, 3.05) is 11.5 Å². The molecule has 1 aromatic carbocycles. The number of benzene rings is 1. The maximum Gasteiger partial charge on any atom is 0.224 e. The topological polar surface area (TPSA) is 52.9 Å². The van der Waals surface area contributed by atoms with Crippen LogP contribution in [0, 0.1) is 11.3 Å². The van der Waals surface area contributed by atoms with Crippen molar-refractivity contribution in [3.8, 4) is 6.07 Å². The quantitative estimate of drug-likeness (QED) is 0.779. The summed E-state index contributed by atoms with van der Waals surface area (Å²) in [6.45, 7) is 4.17. The summed E-state index contributed by atoms with van der Waals surface area (Å²) in [6.07, 6.45) is 1.37. The van der Waals surface area contributed by atoms with E-state index in [0.29, 0.717) is 12.0 Å². The van der Waals surface area contributed by atoms with Crippen molar-refractivity contribution in [2.45, 2.75) is 32.7 Å². The second-order valence-electron chi connectivity index (χ2n) is 4.44. The number of rotatable bonds is 7. The largest absolute Gasteiger partial charge is 0.353 e. The van der Waals surface area contributed by atoms with Crippen LogP contribution in [-0.4, -0.2) is 23.5 Å². The summed E-state index contributed by atoms with van der Waals surface area (Å²) < 4.78 is 0. The van der Waals surface area contributed by atoms with Gasteiger partial charge in [-0.25, -0.2) is 0 Å². The van der Waals surface area contributed by atoms with Gasteiger partial charge in [0.25, 0.3) is 0 Å². The van der Waals surface area contributed by atoms with Crippen LogP contribution in [0.25, 0.3) is 0 Å². The van der Waals surface area contributed by atoms with Crippen LogP contribution in [-0.2, 0) is 11.2 Å². The number of hydrogen-bond acceptors (Lipinski definition) is 3. The average molecular weight is 276 g/mol. The molecule has 1 amide bonds. The molecular weight excluding hydrogens is 256 g/mol. The van der Waals surface area contributed by atoms with Crippen molar-refractivity contribution in [1.82, 2.24) is 5.32 Å². The Morgan fingerprint density at radius 1 is 1.42 bits per heavy atom. The Morgan fingerprint density at radius 2 is 2.11 bits per heavy atom. The smallest absolute Gasteiger partial charge is 0.224 e. The van der Waals surface area contributed by atoms with Crippen LogP contribution in [0.5, 0.6) is 0 Å². The average Bonchev–Trinajstić information content (AvgIpc) is 2.39. The molecule has 0 aliphatic heterocycles. The fraction of sp³-hybridized carbons (Fsp3) is 0.467. The Bertz CT molecular complexity index is 436. The number of thioether (sulfide) groups is 1. The van der Waals surface area contributed by atoms with Gasteiger partial charge in [-0.15, -0.1) is 0 Å². The predicted molar refractivity (Wildman–Crippen MR) is 80.1 cm³/mol. The summed E-state index contributed by atoms with van der Waals surface area (Å²) in [5, 5.41) is 11.7. The minimum atomic E-state index is 0.0405. The van der Waals surface area contributed by atoms with Crippen LogP contribution in [0.15, 0.2) is 24.3 Å². The number of carbonyl (C=O) groups is 1. The molecular formula is C15H20N2OS. The first-order chi connectivity index (χ1) is 9.15. The van der Waals surface area contributed by atoms with E-state index in [1.807, 2.05) is 30.8 Å². The first kappa shape index (κ1) is 15.6. The lowest BCUT2D eigenvalue weighted by Gasteiger charge is -2.13. The van der Waals surface area contributed by atoms with Crippen molar-refractivity contribution >= 4 is 17.7 Å². The lowest BCUT2D eigenvalue weighted by Crippen LogP contribution is -2.34. The molecule has 0 heterocycles. The Labute approximate surface area is 119 Å². The Morgan fingerprint density at radius 3 is 2.68 bits per heavy atom. The molecule has 0 saturated heterocycles. The van der Waals surface area contributed by atoms with E-state index < -0.39 is 0 Å². The molecule has 0 spiro atoms. The van der Waals surface area contributed by atoms with Gasteiger partial charge in [-0.2, -0.15) is 17.0 Å².